The molecule has 0 aromatic rings. The number of hydrogen-bond acceptors (Lipinski definition) is 0. The summed E-state index contributed by atoms with van der Waals surface area (Å²) in [6, 6.07) is 0. The fourth-order valence-corrected chi connectivity index (χ4v) is 0.726. The molecule has 80 valence electrons. The van der Waals surface area contributed by atoms with Crippen molar-refractivity contribution < 1.29 is 26.3 Å². The number of alkyl halides is 6. The highest BCUT2D eigenvalue weighted by atomic mass is 19.3. The first-order valence-corrected chi connectivity index (χ1v) is 3.70. The summed E-state index contributed by atoms with van der Waals surface area (Å²) in [4.78, 5) is 0. The van der Waals surface area contributed by atoms with Gasteiger partial charge in [-0.1, -0.05) is 6.92 Å². The van der Waals surface area contributed by atoms with Crippen LogP contribution in [0.2, 0.25) is 0 Å². The van der Waals surface area contributed by atoms with E-state index in [4.69, 9.17) is 0 Å². The minimum Gasteiger partial charge on any atom is -0.244 e. The topological polar surface area (TPSA) is 0 Å². The zero-order chi connectivity index (χ0) is 10.9. The second-order valence-corrected chi connectivity index (χ2v) is 2.76. The molecule has 0 amide bonds. The SMILES string of the molecule is CCC(F)(F)C(F)(F)[C@@H](F)C(C)F. The maximum absolute atomic E-state index is 12.5. The van der Waals surface area contributed by atoms with Crippen LogP contribution in [0.1, 0.15) is 20.3 Å². The van der Waals surface area contributed by atoms with Crippen LogP contribution in [0.4, 0.5) is 26.3 Å². The molecule has 0 rings (SSSR count). The Labute approximate surface area is 71.9 Å². The van der Waals surface area contributed by atoms with Crippen molar-refractivity contribution in [1.29, 1.82) is 0 Å². The lowest BCUT2D eigenvalue weighted by atomic mass is 10.0. The summed E-state index contributed by atoms with van der Waals surface area (Å²) in [5, 5.41) is 0. The zero-order valence-electron chi connectivity index (χ0n) is 7.13. The Morgan fingerprint density at radius 3 is 1.69 bits per heavy atom. The molecule has 1 unspecified atom stereocenters. The summed E-state index contributed by atoms with van der Waals surface area (Å²) >= 11 is 0. The van der Waals surface area contributed by atoms with Crippen LogP contribution >= 0.6 is 0 Å². The van der Waals surface area contributed by atoms with Crippen LogP contribution in [0.25, 0.3) is 0 Å². The van der Waals surface area contributed by atoms with Gasteiger partial charge in [-0.25, -0.2) is 8.78 Å². The van der Waals surface area contributed by atoms with Crippen LogP contribution in [0.5, 0.6) is 0 Å². The summed E-state index contributed by atoms with van der Waals surface area (Å²) < 4.78 is 74.2. The summed E-state index contributed by atoms with van der Waals surface area (Å²) in [6.07, 6.45) is -7.32. The fourth-order valence-electron chi connectivity index (χ4n) is 0.726. The molecule has 0 bridgehead atoms. The van der Waals surface area contributed by atoms with Gasteiger partial charge in [-0.05, 0) is 6.92 Å². The molecule has 0 heterocycles. The van der Waals surface area contributed by atoms with E-state index in [1.807, 2.05) is 0 Å². The van der Waals surface area contributed by atoms with E-state index >= 15 is 0 Å². The van der Waals surface area contributed by atoms with Crippen molar-refractivity contribution in [2.24, 2.45) is 0 Å². The lowest BCUT2D eigenvalue weighted by molar-refractivity contribution is -0.247. The van der Waals surface area contributed by atoms with Crippen LogP contribution in [0.3, 0.4) is 0 Å². The van der Waals surface area contributed by atoms with Crippen LogP contribution < -0.4 is 0 Å². The summed E-state index contributed by atoms with van der Waals surface area (Å²) in [6.45, 7) is 1.26. The van der Waals surface area contributed by atoms with Gasteiger partial charge in [-0.3, -0.25) is 0 Å². The van der Waals surface area contributed by atoms with E-state index in [1.54, 1.807) is 0 Å². The van der Waals surface area contributed by atoms with E-state index in [2.05, 4.69) is 0 Å². The molecule has 0 aliphatic heterocycles. The van der Waals surface area contributed by atoms with Gasteiger partial charge in [0, 0.05) is 6.42 Å². The minimum absolute atomic E-state index is 0.477. The Morgan fingerprint density at radius 1 is 1.08 bits per heavy atom. The van der Waals surface area contributed by atoms with E-state index in [1.165, 1.54) is 0 Å². The average molecular weight is 208 g/mol. The smallest absolute Gasteiger partial charge is 0.244 e. The molecule has 0 N–H and O–H groups in total. The lowest BCUT2D eigenvalue weighted by Gasteiger charge is -2.28. The molecule has 0 aliphatic carbocycles. The minimum atomic E-state index is -4.95. The summed E-state index contributed by atoms with van der Waals surface area (Å²) in [5.41, 5.74) is 0. The van der Waals surface area contributed by atoms with Crippen LogP contribution in [0, 0.1) is 0 Å². The molecule has 0 radical (unpaired) electrons. The van der Waals surface area contributed by atoms with Gasteiger partial charge >= 0.3 is 11.8 Å². The van der Waals surface area contributed by atoms with Crippen molar-refractivity contribution in [1.82, 2.24) is 0 Å². The Balaban J connectivity index is 4.74. The zero-order valence-corrected chi connectivity index (χ0v) is 7.13. The first-order chi connectivity index (χ1) is 5.66. The molecule has 0 aliphatic rings. The maximum Gasteiger partial charge on any atom is 0.343 e. The van der Waals surface area contributed by atoms with E-state index in [9.17, 15) is 26.3 Å². The van der Waals surface area contributed by atoms with Crippen LogP contribution in [0.15, 0.2) is 0 Å². The molecule has 0 fully saturated rings. The monoisotopic (exact) mass is 208 g/mol. The van der Waals surface area contributed by atoms with Gasteiger partial charge in [-0.15, -0.1) is 0 Å². The first kappa shape index (κ1) is 12.6. The molecule has 0 aromatic carbocycles. The third kappa shape index (κ3) is 2.28. The molecule has 6 heteroatoms. The molecule has 13 heavy (non-hydrogen) atoms. The van der Waals surface area contributed by atoms with E-state index < -0.39 is 30.6 Å². The second-order valence-electron chi connectivity index (χ2n) is 2.76. The fraction of sp³-hybridized carbons (Fsp3) is 1.00. The van der Waals surface area contributed by atoms with Gasteiger partial charge < -0.3 is 0 Å². The van der Waals surface area contributed by atoms with Gasteiger partial charge in [0.05, 0.1) is 0 Å². The van der Waals surface area contributed by atoms with Crippen LogP contribution in [-0.2, 0) is 0 Å². The standard InChI is InChI=1S/C7H10F6/c1-3-6(10,11)7(12,13)5(9)4(2)8/h4-5H,3H2,1-2H3/t4?,5-/m0/s1. The number of rotatable bonds is 4. The highest BCUT2D eigenvalue weighted by Gasteiger charge is 2.62. The first-order valence-electron chi connectivity index (χ1n) is 3.70. The van der Waals surface area contributed by atoms with Gasteiger partial charge in [-0.2, -0.15) is 17.6 Å². The predicted octanol–water partition coefficient (Wildman–Crippen LogP) is 3.36. The Hall–Kier alpha value is -0.420. The largest absolute Gasteiger partial charge is 0.343 e. The molecule has 0 aromatic heterocycles. The maximum atomic E-state index is 12.5. The number of hydrogen-bond donors (Lipinski definition) is 0. The predicted molar refractivity (Wildman–Crippen MR) is 35.7 cm³/mol. The van der Waals surface area contributed by atoms with Gasteiger partial charge in [0.25, 0.3) is 0 Å². The molecule has 0 saturated carbocycles. The Morgan fingerprint density at radius 2 is 1.46 bits per heavy atom. The van der Waals surface area contributed by atoms with Crippen molar-refractivity contribution in [3.63, 3.8) is 0 Å². The highest BCUT2D eigenvalue weighted by Crippen LogP contribution is 2.42. The van der Waals surface area contributed by atoms with Gasteiger partial charge in [0.1, 0.15) is 6.17 Å². The molecule has 0 saturated heterocycles. The van der Waals surface area contributed by atoms with E-state index in [0.717, 1.165) is 6.92 Å². The molecular formula is C7H10F6. The molecule has 0 nitrogen and oxygen atoms in total. The van der Waals surface area contributed by atoms with Crippen molar-refractivity contribution in [3.8, 4) is 0 Å². The quantitative estimate of drug-likeness (QED) is 0.621. The van der Waals surface area contributed by atoms with E-state index in [-0.39, 0.29) is 0 Å². The average Bonchev–Trinajstić information content (AvgIpc) is 2.02. The molecular weight excluding hydrogens is 198 g/mol. The normalized spacial score (nSPS) is 18.5. The summed E-state index contributed by atoms with van der Waals surface area (Å²) in [5.74, 6) is -9.46. The second kappa shape index (κ2) is 3.75. The van der Waals surface area contributed by atoms with Crippen molar-refractivity contribution in [2.45, 2.75) is 44.5 Å². The van der Waals surface area contributed by atoms with E-state index in [0.29, 0.717) is 6.92 Å². The van der Waals surface area contributed by atoms with Crippen LogP contribution in [-0.4, -0.2) is 24.2 Å². The molecule has 0 spiro atoms. The lowest BCUT2D eigenvalue weighted by Crippen LogP contribution is -2.50. The van der Waals surface area contributed by atoms with Crippen molar-refractivity contribution >= 4 is 0 Å². The van der Waals surface area contributed by atoms with Gasteiger partial charge in [0.15, 0.2) is 0 Å². The van der Waals surface area contributed by atoms with Crippen molar-refractivity contribution in [3.05, 3.63) is 0 Å². The summed E-state index contributed by atoms with van der Waals surface area (Å²) in [7, 11) is 0. The highest BCUT2D eigenvalue weighted by molar-refractivity contribution is 4.92. The number of halogens is 6. The van der Waals surface area contributed by atoms with Gasteiger partial charge in [0.2, 0.25) is 6.17 Å². The third-order valence-electron chi connectivity index (χ3n) is 1.68. The molecule has 2 atom stereocenters. The third-order valence-corrected chi connectivity index (χ3v) is 1.68. The van der Waals surface area contributed by atoms with Crippen molar-refractivity contribution in [2.75, 3.05) is 0 Å². The Kier molecular flexibility index (Phi) is 3.63. The Bertz CT molecular complexity index is 164.